The minimum atomic E-state index is -0.583. The van der Waals surface area contributed by atoms with E-state index in [4.69, 9.17) is 18.9 Å². The van der Waals surface area contributed by atoms with Crippen LogP contribution in [-0.4, -0.2) is 44.2 Å². The zero-order valence-corrected chi connectivity index (χ0v) is 14.4. The van der Waals surface area contributed by atoms with Gasteiger partial charge in [-0.15, -0.1) is 0 Å². The van der Waals surface area contributed by atoms with E-state index in [2.05, 4.69) is 0 Å². The van der Waals surface area contributed by atoms with Gasteiger partial charge in [0.05, 0.1) is 11.1 Å². The maximum Gasteiger partial charge on any atom is 0.338 e. The Kier molecular flexibility index (Phi) is 5.99. The van der Waals surface area contributed by atoms with Crippen LogP contribution >= 0.6 is 0 Å². The van der Waals surface area contributed by atoms with E-state index in [1.165, 1.54) is 7.11 Å². The third-order valence-corrected chi connectivity index (χ3v) is 4.08. The topological polar surface area (TPSA) is 71.1 Å². The Morgan fingerprint density at radius 2 is 1.54 bits per heavy atom. The van der Waals surface area contributed by atoms with Crippen molar-refractivity contribution < 1.29 is 28.5 Å². The molecule has 6 nitrogen and oxygen atoms in total. The molecular weight excluding hydrogens is 336 g/mol. The summed E-state index contributed by atoms with van der Waals surface area (Å²) >= 11 is 0. The minimum absolute atomic E-state index is 0.0275. The molecule has 1 aliphatic rings. The van der Waals surface area contributed by atoms with Crippen LogP contribution in [0.5, 0.6) is 0 Å². The minimum Gasteiger partial charge on any atom is -0.459 e. The van der Waals surface area contributed by atoms with Crippen molar-refractivity contribution >= 4 is 11.9 Å². The molecule has 0 saturated carbocycles. The number of benzene rings is 2. The van der Waals surface area contributed by atoms with Gasteiger partial charge >= 0.3 is 11.9 Å². The molecule has 0 spiro atoms. The maximum atomic E-state index is 12.3. The Morgan fingerprint density at radius 3 is 2.12 bits per heavy atom. The molecule has 0 bridgehead atoms. The number of rotatable bonds is 6. The summed E-state index contributed by atoms with van der Waals surface area (Å²) in [5.41, 5.74) is 0.903. The number of carbonyl (C=O) groups is 2. The molecule has 1 fully saturated rings. The second-order valence-electron chi connectivity index (χ2n) is 5.85. The highest BCUT2D eigenvalue weighted by Crippen LogP contribution is 2.25. The molecule has 1 saturated heterocycles. The highest BCUT2D eigenvalue weighted by Gasteiger charge is 2.39. The lowest BCUT2D eigenvalue weighted by Crippen LogP contribution is -2.32. The van der Waals surface area contributed by atoms with Gasteiger partial charge in [-0.1, -0.05) is 36.4 Å². The van der Waals surface area contributed by atoms with Gasteiger partial charge in [0.25, 0.3) is 0 Å². The predicted molar refractivity (Wildman–Crippen MR) is 92.7 cm³/mol. The Morgan fingerprint density at radius 1 is 0.962 bits per heavy atom. The second kappa shape index (κ2) is 8.60. The molecule has 1 unspecified atom stereocenters. The smallest absolute Gasteiger partial charge is 0.338 e. The fourth-order valence-corrected chi connectivity index (χ4v) is 2.70. The lowest BCUT2D eigenvalue weighted by atomic mass is 10.1. The van der Waals surface area contributed by atoms with Crippen LogP contribution in [0.15, 0.2) is 60.7 Å². The number of esters is 2. The van der Waals surface area contributed by atoms with Crippen molar-refractivity contribution in [1.29, 1.82) is 0 Å². The molecule has 136 valence electrons. The van der Waals surface area contributed by atoms with Gasteiger partial charge in [-0.25, -0.2) is 9.59 Å². The number of hydrogen-bond donors (Lipinski definition) is 0. The van der Waals surface area contributed by atoms with E-state index in [1.54, 1.807) is 48.5 Å². The van der Waals surface area contributed by atoms with Crippen molar-refractivity contribution in [3.05, 3.63) is 71.8 Å². The summed E-state index contributed by atoms with van der Waals surface area (Å²) < 4.78 is 21.7. The van der Waals surface area contributed by atoms with E-state index in [1.807, 2.05) is 12.1 Å². The first kappa shape index (κ1) is 18.1. The molecule has 0 N–H and O–H groups in total. The fourth-order valence-electron chi connectivity index (χ4n) is 2.70. The van der Waals surface area contributed by atoms with Crippen LogP contribution in [-0.2, 0) is 18.9 Å². The third kappa shape index (κ3) is 4.47. The van der Waals surface area contributed by atoms with Gasteiger partial charge in [-0.2, -0.15) is 0 Å². The fraction of sp³-hybridized carbons (Fsp3) is 0.300. The first-order chi connectivity index (χ1) is 12.7. The maximum absolute atomic E-state index is 12.3. The molecule has 1 heterocycles. The monoisotopic (exact) mass is 356 g/mol. The average Bonchev–Trinajstić information content (AvgIpc) is 3.09. The van der Waals surface area contributed by atoms with Gasteiger partial charge in [0.1, 0.15) is 18.8 Å². The molecule has 1 aliphatic heterocycles. The molecule has 3 atom stereocenters. The van der Waals surface area contributed by atoms with Crippen LogP contribution in [0.1, 0.15) is 27.1 Å². The van der Waals surface area contributed by atoms with Crippen molar-refractivity contribution in [3.8, 4) is 0 Å². The van der Waals surface area contributed by atoms with Crippen LogP contribution in [0.25, 0.3) is 0 Å². The van der Waals surface area contributed by atoms with Crippen molar-refractivity contribution in [1.82, 2.24) is 0 Å². The van der Waals surface area contributed by atoms with Crippen molar-refractivity contribution in [2.24, 2.45) is 0 Å². The van der Waals surface area contributed by atoms with Crippen LogP contribution in [0.4, 0.5) is 0 Å². The third-order valence-electron chi connectivity index (χ3n) is 4.08. The number of ether oxygens (including phenoxy) is 4. The van der Waals surface area contributed by atoms with E-state index >= 15 is 0 Å². The summed E-state index contributed by atoms with van der Waals surface area (Å²) in [5.74, 6) is -0.904. The molecule has 0 aliphatic carbocycles. The largest absolute Gasteiger partial charge is 0.459 e. The molecule has 2 aromatic rings. The summed E-state index contributed by atoms with van der Waals surface area (Å²) in [7, 11) is 1.51. The van der Waals surface area contributed by atoms with Gasteiger partial charge in [-0.3, -0.25) is 0 Å². The summed E-state index contributed by atoms with van der Waals surface area (Å²) in [5, 5.41) is 0. The lowest BCUT2D eigenvalue weighted by Gasteiger charge is -2.18. The molecule has 0 aromatic heterocycles. The molecule has 3 rings (SSSR count). The number of hydrogen-bond acceptors (Lipinski definition) is 6. The highest BCUT2D eigenvalue weighted by atomic mass is 16.7. The molecule has 0 radical (unpaired) electrons. The highest BCUT2D eigenvalue weighted by molar-refractivity contribution is 5.90. The summed E-state index contributed by atoms with van der Waals surface area (Å²) in [4.78, 5) is 24.4. The molecule has 2 aromatic carbocycles. The van der Waals surface area contributed by atoms with Crippen LogP contribution in [0.3, 0.4) is 0 Å². The van der Waals surface area contributed by atoms with Gasteiger partial charge in [-0.05, 0) is 24.3 Å². The Balaban J connectivity index is 1.60. The number of carbonyl (C=O) groups excluding carboxylic acids is 2. The van der Waals surface area contributed by atoms with E-state index in [-0.39, 0.29) is 6.61 Å². The van der Waals surface area contributed by atoms with Crippen LogP contribution in [0, 0.1) is 0 Å². The molecule has 0 amide bonds. The second-order valence-corrected chi connectivity index (χ2v) is 5.85. The zero-order valence-electron chi connectivity index (χ0n) is 14.4. The van der Waals surface area contributed by atoms with E-state index in [9.17, 15) is 9.59 Å². The summed E-state index contributed by atoms with van der Waals surface area (Å²) in [6.07, 6.45) is -1.27. The van der Waals surface area contributed by atoms with Crippen molar-refractivity contribution in [2.75, 3.05) is 13.7 Å². The molecule has 26 heavy (non-hydrogen) atoms. The van der Waals surface area contributed by atoms with E-state index in [0.717, 1.165) is 0 Å². The van der Waals surface area contributed by atoms with Crippen LogP contribution < -0.4 is 0 Å². The summed E-state index contributed by atoms with van der Waals surface area (Å²) in [6.45, 7) is -0.0275. The van der Waals surface area contributed by atoms with E-state index < -0.39 is 30.4 Å². The summed E-state index contributed by atoms with van der Waals surface area (Å²) in [6, 6.07) is 17.4. The normalized spacial score (nSPS) is 22.0. The van der Waals surface area contributed by atoms with Gasteiger partial charge < -0.3 is 18.9 Å². The Labute approximate surface area is 151 Å². The van der Waals surface area contributed by atoms with Gasteiger partial charge in [0.2, 0.25) is 0 Å². The Bertz CT molecular complexity index is 730. The van der Waals surface area contributed by atoms with Gasteiger partial charge in [0, 0.05) is 13.5 Å². The first-order valence-corrected chi connectivity index (χ1v) is 8.34. The van der Waals surface area contributed by atoms with Crippen molar-refractivity contribution in [3.63, 3.8) is 0 Å². The lowest BCUT2D eigenvalue weighted by molar-refractivity contribution is -0.128. The zero-order chi connectivity index (χ0) is 18.4. The van der Waals surface area contributed by atoms with Crippen molar-refractivity contribution in [2.45, 2.75) is 24.9 Å². The molecular formula is C20H20O6. The SMILES string of the molecule is COC1C[C@@H](OC(=O)c2ccccc2)[C@H](COC(=O)c2ccccc2)O1. The molecule has 6 heteroatoms. The first-order valence-electron chi connectivity index (χ1n) is 8.34. The quantitative estimate of drug-likeness (QED) is 0.741. The average molecular weight is 356 g/mol. The number of methoxy groups -OCH3 is 1. The van der Waals surface area contributed by atoms with Crippen LogP contribution in [0.2, 0.25) is 0 Å². The standard InChI is InChI=1S/C20H20O6/c1-23-18-12-16(26-20(22)15-10-6-3-7-11-15)17(25-18)13-24-19(21)14-8-4-2-5-9-14/h2-11,16-18H,12-13H2,1H3/t16-,17+,18?/m1/s1. The van der Waals surface area contributed by atoms with E-state index in [0.29, 0.717) is 17.5 Å². The predicted octanol–water partition coefficient (Wildman–Crippen LogP) is 2.83. The Hall–Kier alpha value is -2.70. The van der Waals surface area contributed by atoms with Gasteiger partial charge in [0.15, 0.2) is 6.29 Å².